The molecule has 4 N–H and O–H groups in total. The van der Waals surface area contributed by atoms with E-state index in [0.29, 0.717) is 12.2 Å². The van der Waals surface area contributed by atoms with E-state index in [1.165, 1.54) is 4.68 Å². The number of amides is 1. The van der Waals surface area contributed by atoms with E-state index in [2.05, 4.69) is 10.3 Å². The minimum absolute atomic E-state index is 0.311. The lowest BCUT2D eigenvalue weighted by molar-refractivity contribution is -0.120. The molecule has 0 aromatic carbocycles. The zero-order chi connectivity index (χ0) is 9.14. The number of primary amides is 1. The molecule has 0 aliphatic rings. The molecule has 0 radical (unpaired) electrons. The summed E-state index contributed by atoms with van der Waals surface area (Å²) >= 11 is 0. The van der Waals surface area contributed by atoms with Gasteiger partial charge in [-0.25, -0.2) is 4.68 Å². The Kier molecular flexibility index (Phi) is 2.39. The van der Waals surface area contributed by atoms with Crippen molar-refractivity contribution in [1.29, 1.82) is 0 Å². The van der Waals surface area contributed by atoms with Crippen LogP contribution in [-0.4, -0.2) is 20.9 Å². The van der Waals surface area contributed by atoms with Crippen LogP contribution in [0.15, 0.2) is 6.20 Å². The quantitative estimate of drug-likeness (QED) is 0.592. The van der Waals surface area contributed by atoms with Gasteiger partial charge in [0.1, 0.15) is 6.04 Å². The topological polar surface area (TPSA) is 99.8 Å². The first-order valence-corrected chi connectivity index (χ1v) is 3.55. The molecular weight excluding hydrogens is 158 g/mol. The van der Waals surface area contributed by atoms with Gasteiger partial charge in [-0.1, -0.05) is 5.21 Å². The average molecular weight is 169 g/mol. The van der Waals surface area contributed by atoms with Crippen LogP contribution < -0.4 is 11.5 Å². The highest BCUT2D eigenvalue weighted by Crippen LogP contribution is 2.02. The van der Waals surface area contributed by atoms with Gasteiger partial charge < -0.3 is 11.5 Å². The fourth-order valence-corrected chi connectivity index (χ4v) is 0.727. The third-order valence-electron chi connectivity index (χ3n) is 1.58. The molecule has 6 nitrogen and oxygen atoms in total. The summed E-state index contributed by atoms with van der Waals surface area (Å²) in [5.74, 6) is -0.441. The Labute approximate surface area is 69.5 Å². The summed E-state index contributed by atoms with van der Waals surface area (Å²) in [6.07, 6.45) is 1.61. The lowest BCUT2D eigenvalue weighted by atomic mass is 10.3. The van der Waals surface area contributed by atoms with Crippen LogP contribution in [0.2, 0.25) is 0 Å². The Morgan fingerprint density at radius 1 is 1.83 bits per heavy atom. The number of hydrogen-bond acceptors (Lipinski definition) is 4. The molecule has 1 aromatic heterocycles. The first-order valence-electron chi connectivity index (χ1n) is 3.55. The van der Waals surface area contributed by atoms with Crippen molar-refractivity contribution in [1.82, 2.24) is 15.0 Å². The molecule has 0 fully saturated rings. The zero-order valence-electron chi connectivity index (χ0n) is 6.77. The molecule has 0 saturated heterocycles. The monoisotopic (exact) mass is 169 g/mol. The van der Waals surface area contributed by atoms with E-state index in [4.69, 9.17) is 11.5 Å². The smallest absolute Gasteiger partial charge is 0.242 e. The highest BCUT2D eigenvalue weighted by atomic mass is 16.1. The minimum Gasteiger partial charge on any atom is -0.368 e. The number of rotatable bonds is 3. The van der Waals surface area contributed by atoms with E-state index in [1.54, 1.807) is 13.1 Å². The lowest BCUT2D eigenvalue weighted by Gasteiger charge is -2.04. The third-order valence-corrected chi connectivity index (χ3v) is 1.58. The Balaban J connectivity index is 2.81. The number of nitrogens with zero attached hydrogens (tertiary/aromatic N) is 3. The summed E-state index contributed by atoms with van der Waals surface area (Å²) in [5.41, 5.74) is 11.0. The first-order chi connectivity index (χ1) is 5.65. The predicted octanol–water partition coefficient (Wildman–Crippen LogP) is -1.22. The number of hydrogen-bond donors (Lipinski definition) is 2. The van der Waals surface area contributed by atoms with Crippen molar-refractivity contribution in [2.75, 3.05) is 0 Å². The van der Waals surface area contributed by atoms with E-state index in [0.717, 1.165) is 0 Å². The highest BCUT2D eigenvalue weighted by molar-refractivity contribution is 5.77. The van der Waals surface area contributed by atoms with Gasteiger partial charge in [-0.2, -0.15) is 0 Å². The maximum absolute atomic E-state index is 10.7. The molecule has 12 heavy (non-hydrogen) atoms. The zero-order valence-corrected chi connectivity index (χ0v) is 6.77. The van der Waals surface area contributed by atoms with Crippen LogP contribution in [-0.2, 0) is 11.3 Å². The van der Waals surface area contributed by atoms with Gasteiger partial charge in [0, 0.05) is 6.54 Å². The molecule has 6 heteroatoms. The summed E-state index contributed by atoms with van der Waals surface area (Å²) in [6.45, 7) is 1.96. The van der Waals surface area contributed by atoms with Gasteiger partial charge in [-0.3, -0.25) is 4.79 Å². The maximum Gasteiger partial charge on any atom is 0.242 e. The molecule has 1 amide bonds. The van der Waals surface area contributed by atoms with Crippen LogP contribution >= 0.6 is 0 Å². The lowest BCUT2D eigenvalue weighted by Crippen LogP contribution is -2.24. The second-order valence-corrected chi connectivity index (χ2v) is 2.47. The second-order valence-electron chi connectivity index (χ2n) is 2.47. The largest absolute Gasteiger partial charge is 0.368 e. The molecule has 1 unspecified atom stereocenters. The summed E-state index contributed by atoms with van der Waals surface area (Å²) in [5, 5.41) is 7.41. The van der Waals surface area contributed by atoms with Gasteiger partial charge in [0.05, 0.1) is 11.9 Å². The minimum atomic E-state index is -0.474. The molecule has 66 valence electrons. The molecule has 1 heterocycles. The molecule has 1 rings (SSSR count). The first kappa shape index (κ1) is 8.66. The van der Waals surface area contributed by atoms with E-state index in [-0.39, 0.29) is 0 Å². The molecule has 0 aliphatic heterocycles. The van der Waals surface area contributed by atoms with Gasteiger partial charge in [0.15, 0.2) is 0 Å². The predicted molar refractivity (Wildman–Crippen MR) is 41.8 cm³/mol. The number of carbonyl (C=O) groups is 1. The molecule has 1 aromatic rings. The Bertz CT molecular complexity index is 281. The molecule has 0 aliphatic carbocycles. The molecular formula is C6H11N5O. The summed E-state index contributed by atoms with van der Waals surface area (Å²) in [4.78, 5) is 10.7. The van der Waals surface area contributed by atoms with Crippen LogP contribution in [0, 0.1) is 0 Å². The summed E-state index contributed by atoms with van der Waals surface area (Å²) in [6, 6.07) is -0.474. The molecule has 0 saturated carbocycles. The van der Waals surface area contributed by atoms with Crippen LogP contribution in [0.3, 0.4) is 0 Å². The van der Waals surface area contributed by atoms with Crippen molar-refractivity contribution in [3.05, 3.63) is 11.9 Å². The van der Waals surface area contributed by atoms with Crippen LogP contribution in [0.5, 0.6) is 0 Å². The fraction of sp³-hybridized carbons (Fsp3) is 0.500. The number of nitrogens with two attached hydrogens (primary N) is 2. The van der Waals surface area contributed by atoms with Crippen LogP contribution in [0.1, 0.15) is 18.7 Å². The van der Waals surface area contributed by atoms with Gasteiger partial charge in [0.25, 0.3) is 0 Å². The van der Waals surface area contributed by atoms with Crippen molar-refractivity contribution in [3.8, 4) is 0 Å². The third kappa shape index (κ3) is 1.59. The van der Waals surface area contributed by atoms with Crippen molar-refractivity contribution >= 4 is 5.91 Å². The van der Waals surface area contributed by atoms with E-state index in [1.807, 2.05) is 0 Å². The molecule has 0 spiro atoms. The normalized spacial score (nSPS) is 12.8. The van der Waals surface area contributed by atoms with Crippen LogP contribution in [0.4, 0.5) is 0 Å². The van der Waals surface area contributed by atoms with Gasteiger partial charge in [0.2, 0.25) is 5.91 Å². The summed E-state index contributed by atoms with van der Waals surface area (Å²) < 4.78 is 1.39. The highest BCUT2D eigenvalue weighted by Gasteiger charge is 2.12. The number of aromatic nitrogens is 3. The average Bonchev–Trinajstić information content (AvgIpc) is 2.50. The van der Waals surface area contributed by atoms with Gasteiger partial charge in [-0.15, -0.1) is 5.10 Å². The number of carbonyl (C=O) groups excluding carboxylic acids is 1. The Morgan fingerprint density at radius 2 is 2.50 bits per heavy atom. The molecule has 0 bridgehead atoms. The van der Waals surface area contributed by atoms with Crippen molar-refractivity contribution < 1.29 is 4.79 Å². The van der Waals surface area contributed by atoms with Crippen molar-refractivity contribution in [3.63, 3.8) is 0 Å². The van der Waals surface area contributed by atoms with E-state index < -0.39 is 11.9 Å². The second kappa shape index (κ2) is 3.31. The standard InChI is InChI=1S/C6H11N5O/c1-4(6(8)12)11-3-5(2-7)9-10-11/h3-4H,2,7H2,1H3,(H2,8,12). The van der Waals surface area contributed by atoms with Gasteiger partial charge in [-0.05, 0) is 6.92 Å². The van der Waals surface area contributed by atoms with Crippen molar-refractivity contribution in [2.45, 2.75) is 19.5 Å². The SMILES string of the molecule is CC(C(N)=O)n1cc(CN)nn1. The van der Waals surface area contributed by atoms with E-state index in [9.17, 15) is 4.79 Å². The van der Waals surface area contributed by atoms with Crippen LogP contribution in [0.25, 0.3) is 0 Å². The molecule has 1 atom stereocenters. The summed E-state index contributed by atoms with van der Waals surface area (Å²) in [7, 11) is 0. The Morgan fingerprint density at radius 3 is 2.92 bits per heavy atom. The maximum atomic E-state index is 10.7. The fourth-order valence-electron chi connectivity index (χ4n) is 0.727. The van der Waals surface area contributed by atoms with Gasteiger partial charge >= 0.3 is 0 Å². The Hall–Kier alpha value is -1.43. The van der Waals surface area contributed by atoms with E-state index >= 15 is 0 Å². The van der Waals surface area contributed by atoms with Crippen molar-refractivity contribution in [2.24, 2.45) is 11.5 Å².